The van der Waals surface area contributed by atoms with Crippen LogP contribution in [0.1, 0.15) is 31.1 Å². The molecule has 2 aromatic carbocycles. The van der Waals surface area contributed by atoms with Gasteiger partial charge in [0.1, 0.15) is 5.75 Å². The van der Waals surface area contributed by atoms with Crippen LogP contribution in [0.4, 0.5) is 0 Å². The van der Waals surface area contributed by atoms with Gasteiger partial charge in [-0.3, -0.25) is 4.79 Å². The summed E-state index contributed by atoms with van der Waals surface area (Å²) in [5, 5.41) is 0.768. The van der Waals surface area contributed by atoms with Crippen LogP contribution in [0.3, 0.4) is 0 Å². The highest BCUT2D eigenvalue weighted by Gasteiger charge is 2.11. The molecule has 1 amide bonds. The number of aromatic nitrogens is 1. The van der Waals surface area contributed by atoms with Crippen molar-refractivity contribution in [3.8, 4) is 17.0 Å². The lowest BCUT2D eigenvalue weighted by atomic mass is 10.0. The standard InChI is InChI=1S/C18H16N2O2.C2H6/c1-2-22-13-9-7-12(8-10-13)17-11-15(18(19)21)14-5-3-4-6-16(14)20-17;1-2/h3-11H,2H2,1H3,(H2,19,21);1-2H3. The van der Waals surface area contributed by atoms with Crippen molar-refractivity contribution < 1.29 is 9.53 Å². The second kappa shape index (κ2) is 8.11. The Kier molecular flexibility index (Phi) is 5.90. The molecular weight excluding hydrogens is 300 g/mol. The summed E-state index contributed by atoms with van der Waals surface area (Å²) in [6.45, 7) is 6.57. The highest BCUT2D eigenvalue weighted by Crippen LogP contribution is 2.26. The summed E-state index contributed by atoms with van der Waals surface area (Å²) in [6, 6.07) is 16.8. The smallest absolute Gasteiger partial charge is 0.249 e. The zero-order chi connectivity index (χ0) is 17.5. The molecule has 1 aromatic heterocycles. The summed E-state index contributed by atoms with van der Waals surface area (Å²) in [7, 11) is 0. The summed E-state index contributed by atoms with van der Waals surface area (Å²) in [5.41, 5.74) is 8.37. The summed E-state index contributed by atoms with van der Waals surface area (Å²) in [5.74, 6) is 0.355. The monoisotopic (exact) mass is 322 g/mol. The lowest BCUT2D eigenvalue weighted by Crippen LogP contribution is -2.12. The fraction of sp³-hybridized carbons (Fsp3) is 0.200. The van der Waals surface area contributed by atoms with E-state index in [2.05, 4.69) is 4.98 Å². The number of carbonyl (C=O) groups is 1. The molecule has 0 aliphatic rings. The number of pyridine rings is 1. The maximum absolute atomic E-state index is 11.7. The van der Waals surface area contributed by atoms with E-state index < -0.39 is 5.91 Å². The first kappa shape index (κ1) is 17.5. The quantitative estimate of drug-likeness (QED) is 0.773. The lowest BCUT2D eigenvalue weighted by molar-refractivity contribution is 0.100. The zero-order valence-corrected chi connectivity index (χ0v) is 14.2. The zero-order valence-electron chi connectivity index (χ0n) is 14.2. The Hall–Kier alpha value is -2.88. The van der Waals surface area contributed by atoms with Crippen LogP contribution in [-0.2, 0) is 0 Å². The van der Waals surface area contributed by atoms with Crippen LogP contribution < -0.4 is 10.5 Å². The molecule has 3 rings (SSSR count). The molecule has 124 valence electrons. The van der Waals surface area contributed by atoms with E-state index in [1.54, 1.807) is 6.07 Å². The molecule has 2 N–H and O–H groups in total. The van der Waals surface area contributed by atoms with Gasteiger partial charge in [0.15, 0.2) is 0 Å². The van der Waals surface area contributed by atoms with Crippen molar-refractivity contribution in [3.63, 3.8) is 0 Å². The van der Waals surface area contributed by atoms with Gasteiger partial charge in [-0.05, 0) is 43.3 Å². The molecule has 4 heteroatoms. The Bertz CT molecular complexity index is 827. The maximum atomic E-state index is 11.7. The Labute approximate surface area is 142 Å². The minimum Gasteiger partial charge on any atom is -0.494 e. The van der Waals surface area contributed by atoms with Crippen molar-refractivity contribution in [2.75, 3.05) is 6.61 Å². The number of carbonyl (C=O) groups excluding carboxylic acids is 1. The largest absolute Gasteiger partial charge is 0.494 e. The Morgan fingerprint density at radius 3 is 2.38 bits per heavy atom. The number of hydrogen-bond donors (Lipinski definition) is 1. The number of para-hydroxylation sites is 1. The molecule has 0 fully saturated rings. The van der Waals surface area contributed by atoms with Gasteiger partial charge in [0.2, 0.25) is 5.91 Å². The second-order valence-electron chi connectivity index (χ2n) is 4.89. The predicted octanol–water partition coefficient (Wildman–Crippen LogP) is 4.43. The molecule has 0 spiro atoms. The van der Waals surface area contributed by atoms with Gasteiger partial charge in [-0.15, -0.1) is 0 Å². The molecule has 0 radical (unpaired) electrons. The third kappa shape index (κ3) is 3.71. The number of primary amides is 1. The number of nitrogens with two attached hydrogens (primary N) is 1. The van der Waals surface area contributed by atoms with E-state index in [9.17, 15) is 4.79 Å². The van der Waals surface area contributed by atoms with E-state index in [1.807, 2.05) is 69.3 Å². The van der Waals surface area contributed by atoms with Crippen LogP contribution in [-0.4, -0.2) is 17.5 Å². The van der Waals surface area contributed by atoms with Gasteiger partial charge in [0.25, 0.3) is 0 Å². The van der Waals surface area contributed by atoms with E-state index in [0.717, 1.165) is 27.9 Å². The summed E-state index contributed by atoms with van der Waals surface area (Å²) in [6.07, 6.45) is 0. The van der Waals surface area contributed by atoms with Crippen LogP contribution in [0.2, 0.25) is 0 Å². The van der Waals surface area contributed by atoms with Crippen LogP contribution in [0.5, 0.6) is 5.75 Å². The van der Waals surface area contributed by atoms with Crippen molar-refractivity contribution in [2.45, 2.75) is 20.8 Å². The van der Waals surface area contributed by atoms with Gasteiger partial charge in [-0.1, -0.05) is 32.0 Å². The summed E-state index contributed by atoms with van der Waals surface area (Å²) >= 11 is 0. The van der Waals surface area contributed by atoms with Gasteiger partial charge in [0.05, 0.1) is 23.4 Å². The highest BCUT2D eigenvalue weighted by atomic mass is 16.5. The van der Waals surface area contributed by atoms with Gasteiger partial charge >= 0.3 is 0 Å². The molecule has 1 heterocycles. The Morgan fingerprint density at radius 1 is 1.08 bits per heavy atom. The average Bonchev–Trinajstić information content (AvgIpc) is 2.63. The van der Waals surface area contributed by atoms with E-state index in [0.29, 0.717) is 12.2 Å². The Morgan fingerprint density at radius 2 is 1.75 bits per heavy atom. The van der Waals surface area contributed by atoms with Crippen LogP contribution in [0.25, 0.3) is 22.2 Å². The predicted molar refractivity (Wildman–Crippen MR) is 98.2 cm³/mol. The first-order valence-electron chi connectivity index (χ1n) is 8.12. The third-order valence-corrected chi connectivity index (χ3v) is 3.44. The number of hydrogen-bond acceptors (Lipinski definition) is 3. The van der Waals surface area contributed by atoms with Crippen molar-refractivity contribution >= 4 is 16.8 Å². The summed E-state index contributed by atoms with van der Waals surface area (Å²) in [4.78, 5) is 16.3. The highest BCUT2D eigenvalue weighted by molar-refractivity contribution is 6.06. The Balaban J connectivity index is 0.00000100. The topological polar surface area (TPSA) is 65.2 Å². The summed E-state index contributed by atoms with van der Waals surface area (Å²) < 4.78 is 5.43. The number of fused-ring (bicyclic) bond motifs is 1. The number of ether oxygens (including phenoxy) is 1. The molecule has 0 atom stereocenters. The van der Waals surface area contributed by atoms with Crippen molar-refractivity contribution in [1.29, 1.82) is 0 Å². The van der Waals surface area contributed by atoms with Crippen molar-refractivity contribution in [2.24, 2.45) is 5.73 Å². The van der Waals surface area contributed by atoms with Crippen LogP contribution in [0, 0.1) is 0 Å². The molecule has 0 aliphatic heterocycles. The lowest BCUT2D eigenvalue weighted by Gasteiger charge is -2.08. The molecule has 0 aliphatic carbocycles. The fourth-order valence-electron chi connectivity index (χ4n) is 2.42. The van der Waals surface area contributed by atoms with E-state index in [-0.39, 0.29) is 0 Å². The number of rotatable bonds is 4. The number of amides is 1. The number of nitrogens with zero attached hydrogens (tertiary/aromatic N) is 1. The molecule has 0 saturated carbocycles. The van der Waals surface area contributed by atoms with E-state index in [1.165, 1.54) is 0 Å². The van der Waals surface area contributed by atoms with Gasteiger partial charge < -0.3 is 10.5 Å². The first-order valence-corrected chi connectivity index (χ1v) is 8.12. The molecule has 0 saturated heterocycles. The normalized spacial score (nSPS) is 9.96. The minimum atomic E-state index is -0.453. The van der Waals surface area contributed by atoms with Crippen LogP contribution >= 0.6 is 0 Å². The fourth-order valence-corrected chi connectivity index (χ4v) is 2.42. The first-order chi connectivity index (χ1) is 11.7. The van der Waals surface area contributed by atoms with Crippen molar-refractivity contribution in [1.82, 2.24) is 4.98 Å². The van der Waals surface area contributed by atoms with Crippen LogP contribution in [0.15, 0.2) is 54.6 Å². The van der Waals surface area contributed by atoms with E-state index >= 15 is 0 Å². The van der Waals surface area contributed by atoms with Crippen molar-refractivity contribution in [3.05, 3.63) is 60.2 Å². The second-order valence-corrected chi connectivity index (χ2v) is 4.89. The third-order valence-electron chi connectivity index (χ3n) is 3.44. The molecule has 3 aromatic rings. The average molecular weight is 322 g/mol. The van der Waals surface area contributed by atoms with Gasteiger partial charge in [-0.25, -0.2) is 4.98 Å². The molecule has 4 nitrogen and oxygen atoms in total. The molecular formula is C20H22N2O2. The molecule has 0 bridgehead atoms. The molecule has 0 unspecified atom stereocenters. The van der Waals surface area contributed by atoms with E-state index in [4.69, 9.17) is 10.5 Å². The van der Waals surface area contributed by atoms with Gasteiger partial charge in [-0.2, -0.15) is 0 Å². The number of benzene rings is 2. The minimum absolute atomic E-state index is 0.453. The molecule has 24 heavy (non-hydrogen) atoms. The van der Waals surface area contributed by atoms with Gasteiger partial charge in [0, 0.05) is 10.9 Å². The maximum Gasteiger partial charge on any atom is 0.249 e. The SMILES string of the molecule is CC.CCOc1ccc(-c2cc(C(N)=O)c3ccccc3n2)cc1.